The first kappa shape index (κ1) is 19.9. The first-order chi connectivity index (χ1) is 13.5. The van der Waals surface area contributed by atoms with Crippen molar-refractivity contribution in [2.24, 2.45) is 0 Å². The zero-order valence-electron chi connectivity index (χ0n) is 16.4. The summed E-state index contributed by atoms with van der Waals surface area (Å²) in [5, 5.41) is 2.72. The molecule has 1 saturated heterocycles. The van der Waals surface area contributed by atoms with Crippen molar-refractivity contribution < 1.29 is 14.3 Å². The number of nitrogens with one attached hydrogen (secondary N) is 1. The fourth-order valence-corrected chi connectivity index (χ4v) is 3.27. The van der Waals surface area contributed by atoms with Crippen LogP contribution in [0.1, 0.15) is 23.2 Å². The number of likely N-dealkylation sites (tertiary alicyclic amines) is 1. The van der Waals surface area contributed by atoms with E-state index in [1.807, 2.05) is 37.4 Å². The second-order valence-corrected chi connectivity index (χ2v) is 7.16. The summed E-state index contributed by atoms with van der Waals surface area (Å²) in [6.45, 7) is 1.99. The van der Waals surface area contributed by atoms with Crippen LogP contribution in [0.3, 0.4) is 0 Å². The lowest BCUT2D eigenvalue weighted by atomic mass is 10.0. The van der Waals surface area contributed by atoms with Crippen molar-refractivity contribution >= 4 is 11.8 Å². The van der Waals surface area contributed by atoms with Crippen molar-refractivity contribution in [2.45, 2.75) is 18.9 Å². The van der Waals surface area contributed by atoms with Crippen molar-refractivity contribution in [3.8, 4) is 11.5 Å². The molecule has 0 aromatic heterocycles. The largest absolute Gasteiger partial charge is 0.457 e. The number of rotatable bonds is 6. The minimum Gasteiger partial charge on any atom is -0.457 e. The third-order valence-electron chi connectivity index (χ3n) is 5.12. The Balaban J connectivity index is 1.48. The van der Waals surface area contributed by atoms with Gasteiger partial charge in [-0.15, -0.1) is 0 Å². The molecule has 148 valence electrons. The summed E-state index contributed by atoms with van der Waals surface area (Å²) in [6, 6.07) is 16.6. The first-order valence-corrected chi connectivity index (χ1v) is 9.58. The van der Waals surface area contributed by atoms with Crippen LogP contribution in [-0.2, 0) is 4.79 Å². The van der Waals surface area contributed by atoms with Gasteiger partial charge >= 0.3 is 0 Å². The smallest absolute Gasteiger partial charge is 0.251 e. The number of benzene rings is 2. The lowest BCUT2D eigenvalue weighted by molar-refractivity contribution is -0.131. The Morgan fingerprint density at radius 2 is 1.64 bits per heavy atom. The van der Waals surface area contributed by atoms with Crippen LogP contribution in [0.4, 0.5) is 0 Å². The molecule has 2 amide bonds. The number of para-hydroxylation sites is 1. The molecule has 1 fully saturated rings. The third kappa shape index (κ3) is 5.33. The fourth-order valence-electron chi connectivity index (χ4n) is 3.27. The second-order valence-electron chi connectivity index (χ2n) is 7.16. The van der Waals surface area contributed by atoms with E-state index < -0.39 is 0 Å². The van der Waals surface area contributed by atoms with Crippen molar-refractivity contribution in [1.82, 2.24) is 15.1 Å². The van der Waals surface area contributed by atoms with Gasteiger partial charge < -0.3 is 19.9 Å². The van der Waals surface area contributed by atoms with Gasteiger partial charge in [-0.2, -0.15) is 0 Å². The van der Waals surface area contributed by atoms with Gasteiger partial charge in [0.1, 0.15) is 11.5 Å². The second kappa shape index (κ2) is 9.37. The Morgan fingerprint density at radius 3 is 2.29 bits per heavy atom. The number of hydrogen-bond acceptors (Lipinski definition) is 4. The van der Waals surface area contributed by atoms with E-state index in [0.717, 1.165) is 31.7 Å². The van der Waals surface area contributed by atoms with E-state index in [2.05, 4.69) is 17.3 Å². The van der Waals surface area contributed by atoms with Crippen LogP contribution < -0.4 is 10.1 Å². The van der Waals surface area contributed by atoms with E-state index >= 15 is 0 Å². The maximum atomic E-state index is 12.4. The van der Waals surface area contributed by atoms with Gasteiger partial charge in [0.25, 0.3) is 5.91 Å². The molecule has 0 atom stereocenters. The SMILES string of the molecule is CN1CCC(N(C)C(=O)CNC(=O)c2ccc(Oc3ccccc3)cc2)CC1. The monoisotopic (exact) mass is 381 g/mol. The predicted molar refractivity (Wildman–Crippen MR) is 109 cm³/mol. The zero-order chi connectivity index (χ0) is 19.9. The van der Waals surface area contributed by atoms with Crippen LogP contribution in [0, 0.1) is 0 Å². The van der Waals surface area contributed by atoms with Gasteiger partial charge in [-0.3, -0.25) is 9.59 Å². The van der Waals surface area contributed by atoms with E-state index in [1.54, 1.807) is 29.2 Å². The molecule has 0 aliphatic carbocycles. The number of amides is 2. The average Bonchev–Trinajstić information content (AvgIpc) is 2.73. The highest BCUT2D eigenvalue weighted by Gasteiger charge is 2.24. The summed E-state index contributed by atoms with van der Waals surface area (Å²) in [4.78, 5) is 28.8. The predicted octanol–water partition coefficient (Wildman–Crippen LogP) is 2.76. The molecule has 1 N–H and O–H groups in total. The van der Waals surface area contributed by atoms with Crippen LogP contribution >= 0.6 is 0 Å². The Kier molecular flexibility index (Phi) is 6.66. The zero-order valence-corrected chi connectivity index (χ0v) is 16.4. The van der Waals surface area contributed by atoms with Crippen LogP contribution in [0.25, 0.3) is 0 Å². The summed E-state index contributed by atoms with van der Waals surface area (Å²) >= 11 is 0. The van der Waals surface area contributed by atoms with Gasteiger partial charge in [-0.05, 0) is 69.4 Å². The van der Waals surface area contributed by atoms with Gasteiger partial charge in [0.05, 0.1) is 6.54 Å². The molecule has 28 heavy (non-hydrogen) atoms. The van der Waals surface area contributed by atoms with E-state index in [9.17, 15) is 9.59 Å². The Bertz CT molecular complexity index is 784. The lowest BCUT2D eigenvalue weighted by Crippen LogP contribution is -2.47. The third-order valence-corrected chi connectivity index (χ3v) is 5.12. The first-order valence-electron chi connectivity index (χ1n) is 9.58. The van der Waals surface area contributed by atoms with Crippen molar-refractivity contribution in [2.75, 3.05) is 33.7 Å². The van der Waals surface area contributed by atoms with Crippen molar-refractivity contribution in [3.63, 3.8) is 0 Å². The summed E-state index contributed by atoms with van der Waals surface area (Å²) < 4.78 is 5.72. The molecule has 0 radical (unpaired) electrons. The minimum atomic E-state index is -0.267. The lowest BCUT2D eigenvalue weighted by Gasteiger charge is -2.35. The molecule has 0 unspecified atom stereocenters. The molecule has 0 spiro atoms. The summed E-state index contributed by atoms with van der Waals surface area (Å²) in [6.07, 6.45) is 1.94. The maximum absolute atomic E-state index is 12.4. The standard InChI is InChI=1S/C22H27N3O3/c1-24-14-12-18(13-15-24)25(2)21(26)16-23-22(27)17-8-10-20(11-9-17)28-19-6-4-3-5-7-19/h3-11,18H,12-16H2,1-2H3,(H,23,27). The quantitative estimate of drug-likeness (QED) is 0.836. The Labute approximate surface area is 166 Å². The van der Waals surface area contributed by atoms with Crippen LogP contribution in [0.2, 0.25) is 0 Å². The number of hydrogen-bond donors (Lipinski definition) is 1. The average molecular weight is 381 g/mol. The van der Waals surface area contributed by atoms with E-state index in [4.69, 9.17) is 4.74 Å². The normalized spacial score (nSPS) is 15.1. The van der Waals surface area contributed by atoms with Crippen LogP contribution in [0.15, 0.2) is 54.6 Å². The fraction of sp³-hybridized carbons (Fsp3) is 0.364. The summed E-state index contributed by atoms with van der Waals surface area (Å²) in [5.41, 5.74) is 0.496. The van der Waals surface area contributed by atoms with Gasteiger partial charge in [-0.1, -0.05) is 18.2 Å². The minimum absolute atomic E-state index is 0.00391. The van der Waals surface area contributed by atoms with Gasteiger partial charge in [0.2, 0.25) is 5.91 Å². The van der Waals surface area contributed by atoms with E-state index in [0.29, 0.717) is 11.3 Å². The van der Waals surface area contributed by atoms with Gasteiger partial charge in [0.15, 0.2) is 0 Å². The van der Waals surface area contributed by atoms with Crippen molar-refractivity contribution in [3.05, 3.63) is 60.2 Å². The molecule has 1 heterocycles. The molecule has 2 aromatic carbocycles. The summed E-state index contributed by atoms with van der Waals surface area (Å²) in [5.74, 6) is 1.06. The molecule has 0 bridgehead atoms. The number of carbonyl (C=O) groups excluding carboxylic acids is 2. The molecule has 6 nitrogen and oxygen atoms in total. The molecular formula is C22H27N3O3. The molecular weight excluding hydrogens is 354 g/mol. The van der Waals surface area contributed by atoms with Crippen molar-refractivity contribution in [1.29, 1.82) is 0 Å². The van der Waals surface area contributed by atoms with Gasteiger partial charge in [-0.25, -0.2) is 0 Å². The Hall–Kier alpha value is -2.86. The maximum Gasteiger partial charge on any atom is 0.251 e. The molecule has 3 rings (SSSR count). The van der Waals surface area contributed by atoms with E-state index in [1.165, 1.54) is 0 Å². The molecule has 2 aromatic rings. The highest BCUT2D eigenvalue weighted by Crippen LogP contribution is 2.21. The Morgan fingerprint density at radius 1 is 1.04 bits per heavy atom. The highest BCUT2D eigenvalue weighted by molar-refractivity contribution is 5.96. The van der Waals surface area contributed by atoms with Crippen LogP contribution in [-0.4, -0.2) is 61.4 Å². The highest BCUT2D eigenvalue weighted by atomic mass is 16.5. The van der Waals surface area contributed by atoms with Gasteiger partial charge in [0, 0.05) is 18.7 Å². The summed E-state index contributed by atoms with van der Waals surface area (Å²) in [7, 11) is 3.91. The molecule has 6 heteroatoms. The number of piperidine rings is 1. The molecule has 1 aliphatic heterocycles. The number of carbonyl (C=O) groups is 2. The number of likely N-dealkylation sites (N-methyl/N-ethyl adjacent to an activating group) is 1. The molecule has 0 saturated carbocycles. The van der Waals surface area contributed by atoms with Crippen LogP contribution in [0.5, 0.6) is 11.5 Å². The number of nitrogens with zero attached hydrogens (tertiary/aromatic N) is 2. The topological polar surface area (TPSA) is 61.9 Å². The molecule has 1 aliphatic rings. The number of ether oxygens (including phenoxy) is 1. The van der Waals surface area contributed by atoms with E-state index in [-0.39, 0.29) is 24.4 Å².